The fraction of sp³-hybridized carbons (Fsp3) is 0.556. The van der Waals surface area contributed by atoms with Gasteiger partial charge in [0.25, 0.3) is 0 Å². The number of esters is 1. The summed E-state index contributed by atoms with van der Waals surface area (Å²) in [5, 5.41) is 2.60. The summed E-state index contributed by atoms with van der Waals surface area (Å²) in [5.74, 6) is 0.288. The predicted octanol–water partition coefficient (Wildman–Crippen LogP) is 3.68. The summed E-state index contributed by atoms with van der Waals surface area (Å²) in [6.45, 7) is 7.52. The zero-order valence-electron chi connectivity index (χ0n) is 15.0. The van der Waals surface area contributed by atoms with Crippen molar-refractivity contribution in [1.29, 1.82) is 0 Å². The molecule has 6 heteroatoms. The van der Waals surface area contributed by atoms with Gasteiger partial charge in [-0.25, -0.2) is 9.59 Å². The first-order valence-corrected chi connectivity index (χ1v) is 9.31. The molecule has 0 aliphatic heterocycles. The molecule has 134 valence electrons. The van der Waals surface area contributed by atoms with Gasteiger partial charge in [-0.2, -0.15) is 11.8 Å². The second-order valence-corrected chi connectivity index (χ2v) is 7.56. The summed E-state index contributed by atoms with van der Waals surface area (Å²) < 4.78 is 10.5. The topological polar surface area (TPSA) is 64.6 Å². The average Bonchev–Trinajstić information content (AvgIpc) is 2.48. The van der Waals surface area contributed by atoms with E-state index in [0.29, 0.717) is 6.42 Å². The van der Waals surface area contributed by atoms with Crippen molar-refractivity contribution in [3.05, 3.63) is 35.4 Å². The van der Waals surface area contributed by atoms with Crippen LogP contribution in [-0.4, -0.2) is 35.7 Å². The first-order valence-electron chi connectivity index (χ1n) is 7.92. The Morgan fingerprint density at radius 2 is 1.83 bits per heavy atom. The Hall–Kier alpha value is -1.69. The number of nitrogens with one attached hydrogen (secondary N) is 1. The fourth-order valence-electron chi connectivity index (χ4n) is 1.87. The summed E-state index contributed by atoms with van der Waals surface area (Å²) in [6, 6.07) is 7.06. The van der Waals surface area contributed by atoms with Crippen molar-refractivity contribution in [3.8, 4) is 0 Å². The number of benzene rings is 1. The standard InChI is InChI=1S/C18H27NO4S/c1-13-6-8-14(9-7-13)12-22-16(20)15(10-11-24-5)19-17(21)23-18(2,3)4/h6-9,15H,10-12H2,1-5H3,(H,19,21)/t15-/m1/s1. The second-order valence-electron chi connectivity index (χ2n) is 6.57. The minimum atomic E-state index is -0.710. The lowest BCUT2D eigenvalue weighted by atomic mass is 10.2. The molecule has 0 aromatic heterocycles. The number of ether oxygens (including phenoxy) is 2. The van der Waals surface area contributed by atoms with E-state index in [1.54, 1.807) is 32.5 Å². The van der Waals surface area contributed by atoms with Crippen molar-refractivity contribution in [2.75, 3.05) is 12.0 Å². The minimum absolute atomic E-state index is 0.185. The normalized spacial score (nSPS) is 12.4. The fourth-order valence-corrected chi connectivity index (χ4v) is 2.35. The maximum Gasteiger partial charge on any atom is 0.408 e. The summed E-state index contributed by atoms with van der Waals surface area (Å²) in [4.78, 5) is 24.2. The monoisotopic (exact) mass is 353 g/mol. The molecule has 1 atom stereocenters. The van der Waals surface area contributed by atoms with Crippen LogP contribution in [0.3, 0.4) is 0 Å². The van der Waals surface area contributed by atoms with Gasteiger partial charge in [0.1, 0.15) is 18.2 Å². The number of hydrogen-bond donors (Lipinski definition) is 1. The smallest absolute Gasteiger partial charge is 0.408 e. The molecule has 0 aliphatic rings. The third-order valence-corrected chi connectivity index (χ3v) is 3.73. The van der Waals surface area contributed by atoms with Gasteiger partial charge in [0, 0.05) is 0 Å². The number of hydrogen-bond acceptors (Lipinski definition) is 5. The molecule has 0 fully saturated rings. The van der Waals surface area contributed by atoms with Crippen molar-refractivity contribution < 1.29 is 19.1 Å². The second kappa shape index (κ2) is 9.57. The number of carbonyl (C=O) groups is 2. The predicted molar refractivity (Wildman–Crippen MR) is 97.1 cm³/mol. The molecule has 0 bridgehead atoms. The number of rotatable bonds is 7. The first-order chi connectivity index (χ1) is 11.2. The highest BCUT2D eigenvalue weighted by Gasteiger charge is 2.25. The van der Waals surface area contributed by atoms with Crippen LogP contribution in [0.15, 0.2) is 24.3 Å². The van der Waals surface area contributed by atoms with Crippen LogP contribution in [0.4, 0.5) is 4.79 Å². The van der Waals surface area contributed by atoms with Gasteiger partial charge in [-0.15, -0.1) is 0 Å². The molecule has 24 heavy (non-hydrogen) atoms. The Morgan fingerprint density at radius 3 is 2.38 bits per heavy atom. The number of thioether (sulfide) groups is 1. The van der Waals surface area contributed by atoms with E-state index in [1.807, 2.05) is 37.4 Å². The van der Waals surface area contributed by atoms with E-state index in [9.17, 15) is 9.59 Å². The molecule has 1 aromatic carbocycles. The lowest BCUT2D eigenvalue weighted by Gasteiger charge is -2.22. The van der Waals surface area contributed by atoms with Crippen LogP contribution in [0.1, 0.15) is 38.3 Å². The number of carbonyl (C=O) groups excluding carboxylic acids is 2. The van der Waals surface area contributed by atoms with Crippen LogP contribution >= 0.6 is 11.8 Å². The number of amides is 1. The zero-order valence-corrected chi connectivity index (χ0v) is 15.9. The van der Waals surface area contributed by atoms with Gasteiger partial charge >= 0.3 is 12.1 Å². The molecule has 0 heterocycles. The largest absolute Gasteiger partial charge is 0.459 e. The van der Waals surface area contributed by atoms with Crippen molar-refractivity contribution in [3.63, 3.8) is 0 Å². The van der Waals surface area contributed by atoms with Crippen LogP contribution in [-0.2, 0) is 20.9 Å². The molecule has 0 radical (unpaired) electrons. The Balaban J connectivity index is 2.60. The van der Waals surface area contributed by atoms with Crippen molar-refractivity contribution in [2.45, 2.75) is 52.4 Å². The summed E-state index contributed by atoms with van der Waals surface area (Å²) in [7, 11) is 0. The highest BCUT2D eigenvalue weighted by molar-refractivity contribution is 7.98. The minimum Gasteiger partial charge on any atom is -0.459 e. The van der Waals surface area contributed by atoms with Gasteiger partial charge in [-0.3, -0.25) is 0 Å². The van der Waals surface area contributed by atoms with Gasteiger partial charge in [-0.1, -0.05) is 29.8 Å². The van der Waals surface area contributed by atoms with E-state index in [2.05, 4.69) is 5.32 Å². The molecule has 1 N–H and O–H groups in total. The molecular formula is C18H27NO4S. The van der Waals surface area contributed by atoms with E-state index < -0.39 is 23.7 Å². The van der Waals surface area contributed by atoms with Gasteiger partial charge < -0.3 is 14.8 Å². The summed E-state index contributed by atoms with van der Waals surface area (Å²) in [6.07, 6.45) is 1.83. The van der Waals surface area contributed by atoms with E-state index in [-0.39, 0.29) is 6.61 Å². The molecule has 0 unspecified atom stereocenters. The first kappa shape index (κ1) is 20.4. The van der Waals surface area contributed by atoms with Crippen LogP contribution in [0, 0.1) is 6.92 Å². The van der Waals surface area contributed by atoms with E-state index in [0.717, 1.165) is 16.9 Å². The highest BCUT2D eigenvalue weighted by Crippen LogP contribution is 2.10. The molecule has 5 nitrogen and oxygen atoms in total. The van der Waals surface area contributed by atoms with Crippen LogP contribution in [0.2, 0.25) is 0 Å². The molecule has 1 aromatic rings. The Bertz CT molecular complexity index is 537. The van der Waals surface area contributed by atoms with E-state index in [1.165, 1.54) is 0 Å². The quantitative estimate of drug-likeness (QED) is 0.758. The zero-order chi connectivity index (χ0) is 18.2. The lowest BCUT2D eigenvalue weighted by Crippen LogP contribution is -2.44. The van der Waals surface area contributed by atoms with Crippen LogP contribution in [0.5, 0.6) is 0 Å². The summed E-state index contributed by atoms with van der Waals surface area (Å²) >= 11 is 1.60. The number of aryl methyl sites for hydroxylation is 1. The molecule has 0 spiro atoms. The Kier molecular flexibility index (Phi) is 8.11. The maximum atomic E-state index is 12.3. The Morgan fingerprint density at radius 1 is 1.21 bits per heavy atom. The molecule has 0 saturated carbocycles. The van der Waals surface area contributed by atoms with Crippen molar-refractivity contribution >= 4 is 23.8 Å². The third kappa shape index (κ3) is 8.24. The van der Waals surface area contributed by atoms with Gasteiger partial charge in [0.05, 0.1) is 0 Å². The average molecular weight is 353 g/mol. The maximum absolute atomic E-state index is 12.3. The van der Waals surface area contributed by atoms with Crippen molar-refractivity contribution in [2.24, 2.45) is 0 Å². The van der Waals surface area contributed by atoms with Crippen LogP contribution in [0.25, 0.3) is 0 Å². The van der Waals surface area contributed by atoms with E-state index in [4.69, 9.17) is 9.47 Å². The SMILES string of the molecule is CSCC[C@@H](NC(=O)OC(C)(C)C)C(=O)OCc1ccc(C)cc1. The molecule has 0 saturated heterocycles. The molecule has 0 aliphatic carbocycles. The molecular weight excluding hydrogens is 326 g/mol. The van der Waals surface area contributed by atoms with E-state index >= 15 is 0 Å². The van der Waals surface area contributed by atoms with Gasteiger partial charge in [0.15, 0.2) is 0 Å². The summed E-state index contributed by atoms with van der Waals surface area (Å²) in [5.41, 5.74) is 1.45. The van der Waals surface area contributed by atoms with Gasteiger partial charge in [-0.05, 0) is 51.7 Å². The lowest BCUT2D eigenvalue weighted by molar-refractivity contribution is -0.147. The van der Waals surface area contributed by atoms with Crippen LogP contribution < -0.4 is 5.32 Å². The highest BCUT2D eigenvalue weighted by atomic mass is 32.2. The third-order valence-electron chi connectivity index (χ3n) is 3.09. The number of alkyl carbamates (subject to hydrolysis) is 1. The van der Waals surface area contributed by atoms with Gasteiger partial charge in [0.2, 0.25) is 0 Å². The van der Waals surface area contributed by atoms with Crippen molar-refractivity contribution in [1.82, 2.24) is 5.32 Å². The molecule has 1 rings (SSSR count). The Labute approximate surface area is 148 Å². The molecule has 1 amide bonds.